The molecular formula is C18H19ClN2O3S. The van der Waals surface area contributed by atoms with Crippen LogP contribution in [0.25, 0.3) is 0 Å². The Bertz CT molecular complexity index is 849. The van der Waals surface area contributed by atoms with Crippen molar-refractivity contribution in [1.82, 2.24) is 4.72 Å². The number of halogens is 1. The molecule has 1 saturated heterocycles. The van der Waals surface area contributed by atoms with Crippen molar-refractivity contribution in [3.63, 3.8) is 0 Å². The average molecular weight is 379 g/mol. The summed E-state index contributed by atoms with van der Waals surface area (Å²) in [5.74, 6) is 0.0859. The lowest BCUT2D eigenvalue weighted by molar-refractivity contribution is -0.119. The molecule has 0 saturated carbocycles. The number of amides is 1. The second kappa shape index (κ2) is 7.56. The van der Waals surface area contributed by atoms with Gasteiger partial charge in [0, 0.05) is 30.2 Å². The maximum Gasteiger partial charge on any atom is 0.240 e. The highest BCUT2D eigenvalue weighted by Crippen LogP contribution is 2.22. The third-order valence-corrected chi connectivity index (χ3v) is 5.83. The molecule has 132 valence electrons. The van der Waals surface area contributed by atoms with Gasteiger partial charge in [-0.15, -0.1) is 0 Å². The first kappa shape index (κ1) is 17.9. The molecule has 0 radical (unpaired) electrons. The maximum absolute atomic E-state index is 12.4. The number of hydrogen-bond donors (Lipinski definition) is 1. The van der Waals surface area contributed by atoms with Gasteiger partial charge in [-0.25, -0.2) is 13.1 Å². The highest BCUT2D eigenvalue weighted by molar-refractivity contribution is 7.89. The SMILES string of the molecule is O=C1CCCCN1c1ccc(S(=O)(=O)NCc2ccc(Cl)cc2)cc1. The summed E-state index contributed by atoms with van der Waals surface area (Å²) in [6, 6.07) is 13.4. The Morgan fingerprint density at radius 3 is 2.32 bits per heavy atom. The Kier molecular flexibility index (Phi) is 5.42. The van der Waals surface area contributed by atoms with Crippen LogP contribution in [0.3, 0.4) is 0 Å². The predicted octanol–water partition coefficient (Wildman–Crippen LogP) is 3.34. The minimum absolute atomic E-state index is 0.0859. The van der Waals surface area contributed by atoms with Crippen molar-refractivity contribution in [3.8, 4) is 0 Å². The lowest BCUT2D eigenvalue weighted by atomic mass is 10.1. The lowest BCUT2D eigenvalue weighted by Gasteiger charge is -2.26. The zero-order chi connectivity index (χ0) is 17.9. The summed E-state index contributed by atoms with van der Waals surface area (Å²) in [5, 5.41) is 0.606. The Morgan fingerprint density at radius 1 is 1.00 bits per heavy atom. The maximum atomic E-state index is 12.4. The van der Waals surface area contributed by atoms with E-state index >= 15 is 0 Å². The molecule has 1 aliphatic rings. The van der Waals surface area contributed by atoms with E-state index < -0.39 is 10.0 Å². The van der Waals surface area contributed by atoms with Crippen LogP contribution >= 0.6 is 11.6 Å². The molecule has 0 aromatic heterocycles. The second-order valence-corrected chi connectivity index (χ2v) is 8.15. The van der Waals surface area contributed by atoms with Gasteiger partial charge in [0.2, 0.25) is 15.9 Å². The topological polar surface area (TPSA) is 66.5 Å². The highest BCUT2D eigenvalue weighted by Gasteiger charge is 2.20. The van der Waals surface area contributed by atoms with Crippen LogP contribution in [-0.2, 0) is 21.4 Å². The van der Waals surface area contributed by atoms with Crippen LogP contribution in [0.4, 0.5) is 5.69 Å². The first-order valence-corrected chi connectivity index (χ1v) is 9.96. The summed E-state index contributed by atoms with van der Waals surface area (Å²) in [6.07, 6.45) is 2.42. The van der Waals surface area contributed by atoms with Crippen LogP contribution < -0.4 is 9.62 Å². The van der Waals surface area contributed by atoms with Gasteiger partial charge < -0.3 is 4.90 Å². The zero-order valence-electron chi connectivity index (χ0n) is 13.6. The fraction of sp³-hybridized carbons (Fsp3) is 0.278. The van der Waals surface area contributed by atoms with Crippen molar-refractivity contribution in [1.29, 1.82) is 0 Å². The van der Waals surface area contributed by atoms with Gasteiger partial charge >= 0.3 is 0 Å². The zero-order valence-corrected chi connectivity index (χ0v) is 15.2. The van der Waals surface area contributed by atoms with Crippen LogP contribution in [0.2, 0.25) is 5.02 Å². The molecule has 1 N–H and O–H groups in total. The number of anilines is 1. The van der Waals surface area contributed by atoms with Crippen LogP contribution in [-0.4, -0.2) is 20.9 Å². The van der Waals surface area contributed by atoms with E-state index in [1.54, 1.807) is 41.3 Å². The number of nitrogens with zero attached hydrogens (tertiary/aromatic N) is 1. The molecule has 1 heterocycles. The standard InChI is InChI=1S/C18H19ClN2O3S/c19-15-6-4-14(5-7-15)13-20-25(23,24)17-10-8-16(9-11-17)21-12-2-1-3-18(21)22/h4-11,20H,1-3,12-13H2. The van der Waals surface area contributed by atoms with Gasteiger partial charge in [-0.3, -0.25) is 4.79 Å². The van der Waals surface area contributed by atoms with Crippen molar-refractivity contribution in [3.05, 3.63) is 59.1 Å². The average Bonchev–Trinajstić information content (AvgIpc) is 2.62. The molecule has 0 bridgehead atoms. The Balaban J connectivity index is 1.69. The summed E-state index contributed by atoms with van der Waals surface area (Å²) < 4.78 is 27.4. The number of sulfonamides is 1. The number of nitrogens with one attached hydrogen (secondary N) is 1. The molecule has 1 amide bonds. The lowest BCUT2D eigenvalue weighted by Crippen LogP contribution is -2.35. The van der Waals surface area contributed by atoms with Gasteiger partial charge in [0.05, 0.1) is 4.90 Å². The van der Waals surface area contributed by atoms with E-state index in [0.29, 0.717) is 18.0 Å². The fourth-order valence-electron chi connectivity index (χ4n) is 2.75. The molecule has 1 fully saturated rings. The van der Waals surface area contributed by atoms with Crippen LogP contribution in [0.1, 0.15) is 24.8 Å². The third-order valence-electron chi connectivity index (χ3n) is 4.16. The second-order valence-electron chi connectivity index (χ2n) is 5.95. The Morgan fingerprint density at radius 2 is 1.68 bits per heavy atom. The van der Waals surface area contributed by atoms with Gasteiger partial charge in [-0.1, -0.05) is 23.7 Å². The van der Waals surface area contributed by atoms with Gasteiger partial charge in [0.15, 0.2) is 0 Å². The van der Waals surface area contributed by atoms with Crippen molar-refractivity contribution in [2.24, 2.45) is 0 Å². The van der Waals surface area contributed by atoms with E-state index in [1.807, 2.05) is 0 Å². The molecule has 2 aromatic carbocycles. The quantitative estimate of drug-likeness (QED) is 0.867. The predicted molar refractivity (Wildman–Crippen MR) is 98.1 cm³/mol. The van der Waals surface area contributed by atoms with E-state index in [9.17, 15) is 13.2 Å². The van der Waals surface area contributed by atoms with Crippen molar-refractivity contribution >= 4 is 33.2 Å². The first-order valence-electron chi connectivity index (χ1n) is 8.10. The third kappa shape index (κ3) is 4.39. The van der Waals surface area contributed by atoms with Crippen molar-refractivity contribution < 1.29 is 13.2 Å². The number of benzene rings is 2. The number of carbonyl (C=O) groups excluding carboxylic acids is 1. The smallest absolute Gasteiger partial charge is 0.240 e. The Hall–Kier alpha value is -1.89. The van der Waals surface area contributed by atoms with E-state index in [0.717, 1.165) is 24.1 Å². The molecule has 5 nitrogen and oxygen atoms in total. The van der Waals surface area contributed by atoms with Crippen LogP contribution in [0.15, 0.2) is 53.4 Å². The van der Waals surface area contributed by atoms with E-state index in [-0.39, 0.29) is 17.3 Å². The molecule has 2 aromatic rings. The monoisotopic (exact) mass is 378 g/mol. The largest absolute Gasteiger partial charge is 0.312 e. The van der Waals surface area contributed by atoms with E-state index in [1.165, 1.54) is 12.1 Å². The first-order chi connectivity index (χ1) is 12.0. The van der Waals surface area contributed by atoms with Gasteiger partial charge in [0.25, 0.3) is 0 Å². The minimum atomic E-state index is -3.62. The summed E-state index contributed by atoms with van der Waals surface area (Å²) in [6.45, 7) is 0.867. The van der Waals surface area contributed by atoms with Crippen LogP contribution in [0.5, 0.6) is 0 Å². The van der Waals surface area contributed by atoms with E-state index in [4.69, 9.17) is 11.6 Å². The Labute approximate surface area is 152 Å². The number of hydrogen-bond acceptors (Lipinski definition) is 3. The van der Waals surface area contributed by atoms with Crippen LogP contribution in [0, 0.1) is 0 Å². The highest BCUT2D eigenvalue weighted by atomic mass is 35.5. The van der Waals surface area contributed by atoms with Gasteiger partial charge in [-0.2, -0.15) is 0 Å². The number of rotatable bonds is 5. The molecule has 0 atom stereocenters. The molecule has 0 unspecified atom stereocenters. The van der Waals surface area contributed by atoms with E-state index in [2.05, 4.69) is 4.72 Å². The molecule has 25 heavy (non-hydrogen) atoms. The molecule has 3 rings (SSSR count). The summed E-state index contributed by atoms with van der Waals surface area (Å²) in [7, 11) is -3.62. The molecule has 0 aliphatic carbocycles. The van der Waals surface area contributed by atoms with Crippen molar-refractivity contribution in [2.45, 2.75) is 30.7 Å². The molecule has 0 spiro atoms. The molecular weight excluding hydrogens is 360 g/mol. The molecule has 1 aliphatic heterocycles. The summed E-state index contributed by atoms with van der Waals surface area (Å²) in [5.41, 5.74) is 1.56. The number of piperidine rings is 1. The fourth-order valence-corrected chi connectivity index (χ4v) is 3.89. The van der Waals surface area contributed by atoms with Crippen molar-refractivity contribution in [2.75, 3.05) is 11.4 Å². The normalized spacial score (nSPS) is 15.4. The van der Waals surface area contributed by atoms with Gasteiger partial charge in [0.1, 0.15) is 0 Å². The summed E-state index contributed by atoms with van der Waals surface area (Å²) in [4.78, 5) is 13.8. The number of carbonyl (C=O) groups is 1. The molecule has 7 heteroatoms. The summed E-state index contributed by atoms with van der Waals surface area (Å²) >= 11 is 5.82. The van der Waals surface area contributed by atoms with Gasteiger partial charge in [-0.05, 0) is 54.8 Å². The minimum Gasteiger partial charge on any atom is -0.312 e.